The smallest absolute Gasteiger partial charge is 0.125 e. The number of rotatable bonds is 9. The van der Waals surface area contributed by atoms with Crippen molar-refractivity contribution in [3.8, 4) is 16.9 Å². The molecule has 0 bridgehead atoms. The first-order chi connectivity index (χ1) is 16.8. The highest BCUT2D eigenvalue weighted by Gasteiger charge is 2.48. The number of benzene rings is 4. The first-order valence-electron chi connectivity index (χ1n) is 12.8. The summed E-state index contributed by atoms with van der Waals surface area (Å²) in [7, 11) is 0. The third kappa shape index (κ3) is 3.74. The molecule has 1 atom stereocenters. The van der Waals surface area contributed by atoms with Crippen LogP contribution in [0.1, 0.15) is 68.2 Å². The molecule has 0 N–H and O–H groups in total. The fraction of sp³-hybridized carbons (Fsp3) is 0.273. The van der Waals surface area contributed by atoms with Crippen LogP contribution in [-0.2, 0) is 5.41 Å². The van der Waals surface area contributed by atoms with Gasteiger partial charge in [-0.2, -0.15) is 0 Å². The van der Waals surface area contributed by atoms with Crippen molar-refractivity contribution in [1.29, 1.82) is 0 Å². The van der Waals surface area contributed by atoms with Gasteiger partial charge in [0, 0.05) is 5.56 Å². The maximum absolute atomic E-state index is 6.93. The third-order valence-corrected chi connectivity index (χ3v) is 7.22. The van der Waals surface area contributed by atoms with E-state index in [-0.39, 0.29) is 6.10 Å². The van der Waals surface area contributed by atoms with E-state index < -0.39 is 5.41 Å². The van der Waals surface area contributed by atoms with E-state index in [9.17, 15) is 0 Å². The Morgan fingerprint density at radius 3 is 1.88 bits per heavy atom. The van der Waals surface area contributed by atoms with Gasteiger partial charge in [0.15, 0.2) is 0 Å². The lowest BCUT2D eigenvalue weighted by atomic mass is 9.67. The molecule has 0 spiro atoms. The minimum Gasteiger partial charge on any atom is -0.490 e. The van der Waals surface area contributed by atoms with Crippen molar-refractivity contribution in [2.75, 3.05) is 0 Å². The Morgan fingerprint density at radius 2 is 1.24 bits per heavy atom. The van der Waals surface area contributed by atoms with Crippen molar-refractivity contribution in [1.82, 2.24) is 0 Å². The summed E-state index contributed by atoms with van der Waals surface area (Å²) in [6.45, 7) is 4.52. The van der Waals surface area contributed by atoms with E-state index >= 15 is 0 Å². The second kappa shape index (κ2) is 9.89. The van der Waals surface area contributed by atoms with E-state index in [0.717, 1.165) is 25.0 Å². The SMILES string of the molecule is CCCCC(CCC)Oc1cccc2c1C(c1ccccc1)(c1ccccc1)c1ccccc1-2. The Labute approximate surface area is 204 Å². The highest BCUT2D eigenvalue weighted by Crippen LogP contribution is 2.58. The molecule has 0 aliphatic heterocycles. The maximum atomic E-state index is 6.93. The molecule has 1 aliphatic rings. The molecule has 0 aromatic heterocycles. The molecule has 34 heavy (non-hydrogen) atoms. The molecule has 0 saturated carbocycles. The van der Waals surface area contributed by atoms with Crippen LogP contribution in [0.3, 0.4) is 0 Å². The largest absolute Gasteiger partial charge is 0.490 e. The van der Waals surface area contributed by atoms with Gasteiger partial charge in [0.2, 0.25) is 0 Å². The zero-order valence-electron chi connectivity index (χ0n) is 20.3. The van der Waals surface area contributed by atoms with Crippen LogP contribution in [0, 0.1) is 0 Å². The van der Waals surface area contributed by atoms with Gasteiger partial charge < -0.3 is 4.74 Å². The zero-order chi connectivity index (χ0) is 23.4. The summed E-state index contributed by atoms with van der Waals surface area (Å²) in [5, 5.41) is 0. The van der Waals surface area contributed by atoms with Gasteiger partial charge in [-0.15, -0.1) is 0 Å². The van der Waals surface area contributed by atoms with Gasteiger partial charge in [-0.1, -0.05) is 130 Å². The summed E-state index contributed by atoms with van der Waals surface area (Å²) >= 11 is 0. The molecular formula is C33H34O. The fourth-order valence-electron chi connectivity index (χ4n) is 5.76. The Bertz CT molecular complexity index is 1190. The Balaban J connectivity index is 1.79. The standard InChI is InChI=1S/C33H34O/c1-3-5-20-27(15-4-2)34-31-24-14-22-29-28-21-12-13-23-30(28)33(32(29)31,25-16-8-6-9-17-25)26-18-10-7-11-19-26/h6-14,16-19,21-24,27H,3-5,15,20H2,1-2H3. The van der Waals surface area contributed by atoms with Gasteiger partial charge in [-0.3, -0.25) is 0 Å². The summed E-state index contributed by atoms with van der Waals surface area (Å²) < 4.78 is 6.93. The van der Waals surface area contributed by atoms with E-state index in [1.54, 1.807) is 0 Å². The van der Waals surface area contributed by atoms with Gasteiger partial charge in [0.05, 0.1) is 11.5 Å². The molecule has 1 unspecified atom stereocenters. The average molecular weight is 447 g/mol. The molecule has 0 heterocycles. The summed E-state index contributed by atoms with van der Waals surface area (Å²) in [6.07, 6.45) is 5.95. The number of ether oxygens (including phenoxy) is 1. The normalized spacial score (nSPS) is 14.3. The van der Waals surface area contributed by atoms with Crippen molar-refractivity contribution >= 4 is 0 Å². The van der Waals surface area contributed by atoms with Gasteiger partial charge in [0.1, 0.15) is 5.75 Å². The van der Waals surface area contributed by atoms with Crippen LogP contribution in [0.25, 0.3) is 11.1 Å². The van der Waals surface area contributed by atoms with E-state index in [2.05, 4.69) is 117 Å². The lowest BCUT2D eigenvalue weighted by Gasteiger charge is -2.35. The number of fused-ring (bicyclic) bond motifs is 3. The predicted octanol–water partition coefficient (Wildman–Crippen LogP) is 8.79. The monoisotopic (exact) mass is 446 g/mol. The number of unbranched alkanes of at least 4 members (excludes halogenated alkanes) is 1. The van der Waals surface area contributed by atoms with Gasteiger partial charge >= 0.3 is 0 Å². The predicted molar refractivity (Wildman–Crippen MR) is 143 cm³/mol. The van der Waals surface area contributed by atoms with Crippen LogP contribution < -0.4 is 4.74 Å². The quantitative estimate of drug-likeness (QED) is 0.220. The van der Waals surface area contributed by atoms with E-state index in [0.29, 0.717) is 0 Å². The minimum absolute atomic E-state index is 0.240. The van der Waals surface area contributed by atoms with E-state index in [4.69, 9.17) is 4.74 Å². The molecule has 1 heteroatoms. The van der Waals surface area contributed by atoms with Crippen molar-refractivity contribution in [3.05, 3.63) is 125 Å². The topological polar surface area (TPSA) is 9.23 Å². The van der Waals surface area contributed by atoms with Crippen molar-refractivity contribution in [2.45, 2.75) is 57.5 Å². The van der Waals surface area contributed by atoms with Crippen LogP contribution in [0.5, 0.6) is 5.75 Å². The van der Waals surface area contributed by atoms with Crippen LogP contribution in [0.2, 0.25) is 0 Å². The summed E-state index contributed by atoms with van der Waals surface area (Å²) in [4.78, 5) is 0. The molecular weight excluding hydrogens is 412 g/mol. The van der Waals surface area contributed by atoms with Crippen molar-refractivity contribution in [2.24, 2.45) is 0 Å². The van der Waals surface area contributed by atoms with E-state index in [1.807, 2.05) is 0 Å². The molecule has 1 aliphatic carbocycles. The molecule has 5 rings (SSSR count). The van der Waals surface area contributed by atoms with Crippen molar-refractivity contribution in [3.63, 3.8) is 0 Å². The van der Waals surface area contributed by atoms with Gasteiger partial charge in [-0.05, 0) is 46.7 Å². The molecule has 4 aromatic carbocycles. The number of hydrogen-bond acceptors (Lipinski definition) is 1. The third-order valence-electron chi connectivity index (χ3n) is 7.22. The fourth-order valence-corrected chi connectivity index (χ4v) is 5.76. The number of hydrogen-bond donors (Lipinski definition) is 0. The highest BCUT2D eigenvalue weighted by molar-refractivity contribution is 5.88. The van der Waals surface area contributed by atoms with Crippen LogP contribution in [0.4, 0.5) is 0 Å². The second-order valence-electron chi connectivity index (χ2n) is 9.38. The molecule has 4 aromatic rings. The minimum atomic E-state index is -0.410. The van der Waals surface area contributed by atoms with Crippen molar-refractivity contribution < 1.29 is 4.74 Å². The first-order valence-corrected chi connectivity index (χ1v) is 12.8. The Hall–Kier alpha value is -3.32. The Morgan fingerprint density at radius 1 is 0.618 bits per heavy atom. The van der Waals surface area contributed by atoms with Crippen LogP contribution in [0.15, 0.2) is 103 Å². The van der Waals surface area contributed by atoms with E-state index in [1.165, 1.54) is 46.2 Å². The summed E-state index contributed by atoms with van der Waals surface area (Å²) in [6, 6.07) is 37.5. The Kier molecular flexibility index (Phi) is 6.54. The average Bonchev–Trinajstić information content (AvgIpc) is 3.21. The lowest BCUT2D eigenvalue weighted by molar-refractivity contribution is 0.174. The van der Waals surface area contributed by atoms with Gasteiger partial charge in [-0.25, -0.2) is 0 Å². The molecule has 0 radical (unpaired) electrons. The molecule has 0 fully saturated rings. The maximum Gasteiger partial charge on any atom is 0.125 e. The second-order valence-corrected chi connectivity index (χ2v) is 9.38. The zero-order valence-corrected chi connectivity index (χ0v) is 20.3. The summed E-state index contributed by atoms with van der Waals surface area (Å²) in [5.41, 5.74) is 7.35. The molecule has 0 amide bonds. The first kappa shape index (κ1) is 22.5. The highest BCUT2D eigenvalue weighted by atomic mass is 16.5. The van der Waals surface area contributed by atoms with Crippen LogP contribution in [-0.4, -0.2) is 6.10 Å². The molecule has 0 saturated heterocycles. The van der Waals surface area contributed by atoms with Gasteiger partial charge in [0.25, 0.3) is 0 Å². The summed E-state index contributed by atoms with van der Waals surface area (Å²) in [5.74, 6) is 1.02. The molecule has 1 nitrogen and oxygen atoms in total. The van der Waals surface area contributed by atoms with Crippen LogP contribution >= 0.6 is 0 Å². The lowest BCUT2D eigenvalue weighted by Crippen LogP contribution is -2.30. The molecule has 172 valence electrons.